The number of halogens is 2. The Morgan fingerprint density at radius 2 is 2.27 bits per heavy atom. The molecule has 0 heterocycles. The summed E-state index contributed by atoms with van der Waals surface area (Å²) in [4.78, 5) is 11.0. The lowest BCUT2D eigenvalue weighted by molar-refractivity contribution is 0.180. The molecule has 1 aromatic carbocycles. The minimum Gasteiger partial charge on any atom is -0.495 e. The fourth-order valence-corrected chi connectivity index (χ4v) is 1.30. The monoisotopic (exact) mass is 249 g/mol. The maximum atomic E-state index is 11.0. The number of methoxy groups -OCH3 is 1. The second-order valence-corrected chi connectivity index (χ2v) is 3.14. The first kappa shape index (κ1) is 11.9. The summed E-state index contributed by atoms with van der Waals surface area (Å²) in [5.74, 6) is 0.535. The van der Waals surface area contributed by atoms with Gasteiger partial charge >= 0.3 is 6.09 Å². The highest BCUT2D eigenvalue weighted by atomic mass is 35.5. The van der Waals surface area contributed by atoms with E-state index in [0.717, 1.165) is 0 Å². The first-order valence-electron chi connectivity index (χ1n) is 4.00. The smallest absolute Gasteiger partial charge is 0.412 e. The van der Waals surface area contributed by atoms with E-state index in [0.29, 0.717) is 16.5 Å². The molecule has 1 N–H and O–H groups in total. The van der Waals surface area contributed by atoms with E-state index in [1.54, 1.807) is 18.2 Å². The zero-order valence-corrected chi connectivity index (χ0v) is 9.43. The van der Waals surface area contributed by atoms with Gasteiger partial charge in [0.15, 0.2) is 6.07 Å². The molecular formula is C9H9Cl2NO3. The third-order valence-corrected chi connectivity index (χ3v) is 1.99. The number of nitrogens with one attached hydrogen (secondary N) is 1. The number of anilines is 1. The Bertz CT molecular complexity index is 357. The predicted molar refractivity (Wildman–Crippen MR) is 58.8 cm³/mol. The van der Waals surface area contributed by atoms with Crippen molar-refractivity contribution in [1.29, 1.82) is 0 Å². The van der Waals surface area contributed by atoms with Crippen LogP contribution < -0.4 is 10.1 Å². The van der Waals surface area contributed by atoms with Gasteiger partial charge in [-0.05, 0) is 18.2 Å². The van der Waals surface area contributed by atoms with Gasteiger partial charge in [-0.15, -0.1) is 0 Å². The van der Waals surface area contributed by atoms with Crippen LogP contribution in [0.25, 0.3) is 0 Å². The number of rotatable bonds is 3. The van der Waals surface area contributed by atoms with Crippen LogP contribution in [0.1, 0.15) is 0 Å². The number of hydrogen-bond acceptors (Lipinski definition) is 3. The second-order valence-electron chi connectivity index (χ2n) is 2.52. The highest BCUT2D eigenvalue weighted by Crippen LogP contribution is 2.27. The summed E-state index contributed by atoms with van der Waals surface area (Å²) in [7, 11) is 1.51. The highest BCUT2D eigenvalue weighted by molar-refractivity contribution is 6.32. The lowest BCUT2D eigenvalue weighted by atomic mass is 10.3. The number of amides is 1. The van der Waals surface area contributed by atoms with E-state index in [1.807, 2.05) is 0 Å². The van der Waals surface area contributed by atoms with Crippen LogP contribution in [0.4, 0.5) is 10.5 Å². The summed E-state index contributed by atoms with van der Waals surface area (Å²) in [6.45, 7) is 0. The first-order valence-corrected chi connectivity index (χ1v) is 4.92. The summed E-state index contributed by atoms with van der Waals surface area (Å²) >= 11 is 11.1. The Labute approximate surface area is 97.1 Å². The molecule has 82 valence electrons. The normalized spacial score (nSPS) is 9.53. The van der Waals surface area contributed by atoms with Gasteiger partial charge < -0.3 is 9.47 Å². The van der Waals surface area contributed by atoms with Gasteiger partial charge in [0.2, 0.25) is 0 Å². The molecule has 0 unspecified atom stereocenters. The minimum atomic E-state index is -0.633. The fraction of sp³-hybridized carbons (Fsp3) is 0.222. The lowest BCUT2D eigenvalue weighted by Gasteiger charge is -2.07. The zero-order valence-electron chi connectivity index (χ0n) is 7.92. The Morgan fingerprint density at radius 1 is 1.53 bits per heavy atom. The molecule has 0 fully saturated rings. The van der Waals surface area contributed by atoms with Crippen LogP contribution in [-0.4, -0.2) is 19.3 Å². The maximum absolute atomic E-state index is 11.0. The molecule has 0 saturated carbocycles. The molecule has 0 atom stereocenters. The van der Waals surface area contributed by atoms with Crippen molar-refractivity contribution >= 4 is 35.0 Å². The van der Waals surface area contributed by atoms with Crippen LogP contribution in [-0.2, 0) is 4.74 Å². The quantitative estimate of drug-likeness (QED) is 0.838. The molecule has 1 rings (SSSR count). The Morgan fingerprint density at radius 3 is 2.80 bits per heavy atom. The molecule has 0 radical (unpaired) electrons. The standard InChI is InChI=1S/C9H9Cl2NO3/c1-14-8-3-2-6(4-7(8)11)12-9(13)15-5-10/h2-4H,5H2,1H3,(H,12,13). The number of ether oxygens (including phenoxy) is 2. The van der Waals surface area contributed by atoms with Gasteiger partial charge in [0.1, 0.15) is 5.75 Å². The molecule has 0 bridgehead atoms. The molecule has 0 saturated heterocycles. The summed E-state index contributed by atoms with van der Waals surface area (Å²) in [5, 5.41) is 2.85. The Kier molecular flexibility index (Phi) is 4.52. The van der Waals surface area contributed by atoms with Gasteiger partial charge in [-0.1, -0.05) is 23.2 Å². The Hall–Kier alpha value is -1.13. The molecule has 0 aliphatic carbocycles. The van der Waals surface area contributed by atoms with E-state index in [4.69, 9.17) is 27.9 Å². The maximum Gasteiger partial charge on any atom is 0.412 e. The van der Waals surface area contributed by atoms with Crippen LogP contribution in [0.5, 0.6) is 5.75 Å². The lowest BCUT2D eigenvalue weighted by Crippen LogP contribution is -2.12. The molecule has 0 aliphatic rings. The van der Waals surface area contributed by atoms with Crippen molar-refractivity contribution in [2.24, 2.45) is 0 Å². The van der Waals surface area contributed by atoms with E-state index in [9.17, 15) is 4.79 Å². The number of hydrogen-bond donors (Lipinski definition) is 1. The summed E-state index contributed by atoms with van der Waals surface area (Å²) in [5.41, 5.74) is 0.510. The second kappa shape index (κ2) is 5.68. The first-order chi connectivity index (χ1) is 7.17. The van der Waals surface area contributed by atoms with Crippen LogP contribution in [0, 0.1) is 0 Å². The SMILES string of the molecule is COc1ccc(NC(=O)OCCl)cc1Cl. The van der Waals surface area contributed by atoms with Gasteiger partial charge in [0, 0.05) is 5.69 Å². The predicted octanol–water partition coefficient (Wildman–Crippen LogP) is 3.09. The number of alkyl halides is 1. The highest BCUT2D eigenvalue weighted by Gasteiger charge is 2.05. The van der Waals surface area contributed by atoms with Gasteiger partial charge in [-0.25, -0.2) is 4.79 Å². The van der Waals surface area contributed by atoms with Crippen molar-refractivity contribution < 1.29 is 14.3 Å². The van der Waals surface area contributed by atoms with Crippen LogP contribution in [0.2, 0.25) is 5.02 Å². The summed E-state index contributed by atoms with van der Waals surface area (Å²) in [6, 6.07) is 4.63. The average Bonchev–Trinajstić information content (AvgIpc) is 2.18. The van der Waals surface area contributed by atoms with Gasteiger partial charge in [0.05, 0.1) is 12.1 Å². The van der Waals surface area contributed by atoms with E-state index < -0.39 is 6.09 Å². The molecule has 15 heavy (non-hydrogen) atoms. The molecule has 6 heteroatoms. The number of carbonyl (C=O) groups excluding carboxylic acids is 1. The molecule has 1 amide bonds. The van der Waals surface area contributed by atoms with Crippen molar-refractivity contribution in [3.05, 3.63) is 23.2 Å². The van der Waals surface area contributed by atoms with Crippen molar-refractivity contribution in [2.75, 3.05) is 18.5 Å². The van der Waals surface area contributed by atoms with Gasteiger partial charge in [-0.3, -0.25) is 5.32 Å². The third-order valence-electron chi connectivity index (χ3n) is 1.58. The van der Waals surface area contributed by atoms with Crippen molar-refractivity contribution in [3.63, 3.8) is 0 Å². The molecule has 1 aromatic rings. The molecule has 4 nitrogen and oxygen atoms in total. The largest absolute Gasteiger partial charge is 0.495 e. The van der Waals surface area contributed by atoms with Crippen molar-refractivity contribution in [1.82, 2.24) is 0 Å². The summed E-state index contributed by atoms with van der Waals surface area (Å²) in [6.07, 6.45) is -0.633. The fourth-order valence-electron chi connectivity index (χ4n) is 0.948. The van der Waals surface area contributed by atoms with E-state index in [2.05, 4.69) is 10.1 Å². The number of carbonyl (C=O) groups is 1. The topological polar surface area (TPSA) is 47.6 Å². The van der Waals surface area contributed by atoms with Crippen molar-refractivity contribution in [3.8, 4) is 5.75 Å². The minimum absolute atomic E-state index is 0.199. The Balaban J connectivity index is 2.71. The molecule has 0 aromatic heterocycles. The van der Waals surface area contributed by atoms with Gasteiger partial charge in [-0.2, -0.15) is 0 Å². The zero-order chi connectivity index (χ0) is 11.3. The van der Waals surface area contributed by atoms with Crippen LogP contribution in [0.15, 0.2) is 18.2 Å². The van der Waals surface area contributed by atoms with E-state index >= 15 is 0 Å². The van der Waals surface area contributed by atoms with Crippen LogP contribution in [0.3, 0.4) is 0 Å². The van der Waals surface area contributed by atoms with Crippen molar-refractivity contribution in [2.45, 2.75) is 0 Å². The van der Waals surface area contributed by atoms with E-state index in [-0.39, 0.29) is 6.07 Å². The van der Waals surface area contributed by atoms with Crippen LogP contribution >= 0.6 is 23.2 Å². The average molecular weight is 250 g/mol. The van der Waals surface area contributed by atoms with Gasteiger partial charge in [0.25, 0.3) is 0 Å². The summed E-state index contributed by atoms with van der Waals surface area (Å²) < 4.78 is 9.44. The number of benzene rings is 1. The third kappa shape index (κ3) is 3.49. The van der Waals surface area contributed by atoms with E-state index in [1.165, 1.54) is 7.11 Å². The molecular weight excluding hydrogens is 241 g/mol. The molecule has 0 aliphatic heterocycles. The molecule has 0 spiro atoms.